The number of hydrogen-bond acceptors (Lipinski definition) is 4. The minimum atomic E-state index is -4.40. The van der Waals surface area contributed by atoms with E-state index in [9.17, 15) is 27.2 Å². The molecule has 0 aromatic rings. The van der Waals surface area contributed by atoms with E-state index >= 15 is 0 Å². The molecule has 1 fully saturated rings. The van der Waals surface area contributed by atoms with E-state index in [2.05, 4.69) is 4.74 Å². The van der Waals surface area contributed by atoms with Gasteiger partial charge in [0.05, 0.1) is 19.4 Å². The van der Waals surface area contributed by atoms with Gasteiger partial charge in [0.2, 0.25) is 0 Å². The van der Waals surface area contributed by atoms with Gasteiger partial charge in [-0.05, 0) is 12.8 Å². The summed E-state index contributed by atoms with van der Waals surface area (Å²) in [4.78, 5) is 22.6. The van der Waals surface area contributed by atoms with E-state index in [-0.39, 0.29) is 24.3 Å². The highest BCUT2D eigenvalue weighted by atomic mass is 35.5. The van der Waals surface area contributed by atoms with E-state index < -0.39 is 37.3 Å². The number of halogens is 5. The van der Waals surface area contributed by atoms with Crippen LogP contribution in [-0.2, 0) is 19.1 Å². The predicted octanol–water partition coefficient (Wildman–Crippen LogP) is 3.55. The highest BCUT2D eigenvalue weighted by Gasteiger charge is 2.42. The van der Waals surface area contributed by atoms with Crippen molar-refractivity contribution in [2.24, 2.45) is 5.92 Å². The largest absolute Gasteiger partial charge is 0.465 e. The number of carbonyl (C=O) groups is 2. The molecule has 1 saturated carbocycles. The van der Waals surface area contributed by atoms with Crippen molar-refractivity contribution in [2.45, 2.75) is 56.2 Å². The van der Waals surface area contributed by atoms with Crippen LogP contribution in [0.15, 0.2) is 0 Å². The Labute approximate surface area is 136 Å². The number of carbonyl (C=O) groups excluding carboxylic acids is 2. The van der Waals surface area contributed by atoms with Crippen LogP contribution in [0.25, 0.3) is 0 Å². The normalized spacial score (nSPS) is 22.0. The summed E-state index contributed by atoms with van der Waals surface area (Å²) in [7, 11) is 0. The van der Waals surface area contributed by atoms with E-state index in [0.29, 0.717) is 0 Å². The van der Waals surface area contributed by atoms with E-state index in [1.54, 1.807) is 0 Å². The molecule has 0 aliphatic heterocycles. The fourth-order valence-electron chi connectivity index (χ4n) is 2.14. The predicted molar refractivity (Wildman–Crippen MR) is 73.7 cm³/mol. The van der Waals surface area contributed by atoms with Crippen molar-refractivity contribution in [1.29, 1.82) is 0 Å². The van der Waals surface area contributed by atoms with Crippen molar-refractivity contribution >= 4 is 23.5 Å². The monoisotopic (exact) mass is 362 g/mol. The first-order valence-corrected chi connectivity index (χ1v) is 7.77. The average molecular weight is 363 g/mol. The maximum absolute atomic E-state index is 12.5. The molecule has 0 radical (unpaired) electrons. The maximum atomic E-state index is 12.5. The number of rotatable bonds is 8. The first kappa shape index (κ1) is 20.0. The molecule has 0 heterocycles. The third kappa shape index (κ3) is 7.37. The van der Waals surface area contributed by atoms with Crippen LogP contribution < -0.4 is 0 Å². The molecular formula is C14H19ClF4O4. The summed E-state index contributed by atoms with van der Waals surface area (Å²) in [6.45, 7) is -1.57. The Morgan fingerprint density at radius 1 is 1.09 bits per heavy atom. The number of hydrogen-bond donors (Lipinski definition) is 0. The van der Waals surface area contributed by atoms with Gasteiger partial charge in [0.1, 0.15) is 0 Å². The van der Waals surface area contributed by atoms with Crippen LogP contribution >= 0.6 is 11.6 Å². The van der Waals surface area contributed by atoms with Gasteiger partial charge in [-0.15, -0.1) is 11.6 Å². The average Bonchev–Trinajstić information content (AvgIpc) is 2.50. The Hall–Kier alpha value is -1.05. The van der Waals surface area contributed by atoms with Gasteiger partial charge in [0.25, 0.3) is 0 Å². The maximum Gasteiger partial charge on any atom is 0.340 e. The third-order valence-corrected chi connectivity index (χ3v) is 4.13. The summed E-state index contributed by atoms with van der Waals surface area (Å²) >= 11 is 6.11. The van der Waals surface area contributed by atoms with Crippen LogP contribution in [0.1, 0.15) is 38.5 Å². The zero-order valence-electron chi connectivity index (χ0n) is 12.4. The Kier molecular flexibility index (Phi) is 8.08. The molecule has 0 saturated heterocycles. The molecule has 0 aromatic heterocycles. The SMILES string of the molecule is O=C(CCC(=O)OCC(F)(F)C(F)F)OCC1CCCCC1Cl. The van der Waals surface area contributed by atoms with Crippen molar-refractivity contribution in [2.75, 3.05) is 13.2 Å². The molecule has 1 aliphatic carbocycles. The van der Waals surface area contributed by atoms with Crippen LogP contribution in [-0.4, -0.2) is 42.9 Å². The summed E-state index contributed by atoms with van der Waals surface area (Å²) in [5.41, 5.74) is 0. The summed E-state index contributed by atoms with van der Waals surface area (Å²) in [6.07, 6.45) is -1.03. The van der Waals surface area contributed by atoms with Crippen molar-refractivity contribution < 1.29 is 36.6 Å². The summed E-state index contributed by atoms with van der Waals surface area (Å²) < 4.78 is 57.8. The topological polar surface area (TPSA) is 52.6 Å². The van der Waals surface area contributed by atoms with Gasteiger partial charge in [-0.2, -0.15) is 8.78 Å². The molecule has 0 amide bonds. The van der Waals surface area contributed by atoms with Crippen LogP contribution in [0.3, 0.4) is 0 Å². The van der Waals surface area contributed by atoms with Crippen molar-refractivity contribution in [3.63, 3.8) is 0 Å². The smallest absolute Gasteiger partial charge is 0.340 e. The molecule has 0 N–H and O–H groups in total. The van der Waals surface area contributed by atoms with Gasteiger partial charge >= 0.3 is 24.3 Å². The minimum Gasteiger partial charge on any atom is -0.465 e. The molecule has 0 bridgehead atoms. The Balaban J connectivity index is 2.18. The molecule has 1 rings (SSSR count). The highest BCUT2D eigenvalue weighted by Crippen LogP contribution is 2.28. The van der Waals surface area contributed by atoms with E-state index in [1.807, 2.05) is 0 Å². The zero-order chi connectivity index (χ0) is 17.5. The quantitative estimate of drug-likeness (QED) is 0.376. The summed E-state index contributed by atoms with van der Waals surface area (Å²) in [5.74, 6) is -6.18. The first-order valence-electron chi connectivity index (χ1n) is 7.33. The number of esters is 2. The van der Waals surface area contributed by atoms with Crippen LogP contribution in [0.5, 0.6) is 0 Å². The van der Waals surface area contributed by atoms with Gasteiger partial charge in [-0.25, -0.2) is 8.78 Å². The van der Waals surface area contributed by atoms with E-state index in [0.717, 1.165) is 25.7 Å². The summed E-state index contributed by atoms with van der Waals surface area (Å²) in [6, 6.07) is 0. The second kappa shape index (κ2) is 9.30. The van der Waals surface area contributed by atoms with Gasteiger partial charge in [0.15, 0.2) is 6.61 Å². The lowest BCUT2D eigenvalue weighted by Crippen LogP contribution is -2.33. The molecule has 134 valence electrons. The number of alkyl halides is 5. The van der Waals surface area contributed by atoms with Gasteiger partial charge < -0.3 is 9.47 Å². The van der Waals surface area contributed by atoms with Gasteiger partial charge in [-0.3, -0.25) is 9.59 Å². The van der Waals surface area contributed by atoms with Crippen molar-refractivity contribution in [3.8, 4) is 0 Å². The molecule has 0 spiro atoms. The molecule has 23 heavy (non-hydrogen) atoms. The molecule has 0 aromatic carbocycles. The van der Waals surface area contributed by atoms with E-state index in [1.165, 1.54) is 0 Å². The molecular weight excluding hydrogens is 344 g/mol. The first-order chi connectivity index (χ1) is 10.7. The second-order valence-electron chi connectivity index (χ2n) is 5.47. The van der Waals surface area contributed by atoms with Crippen LogP contribution in [0.4, 0.5) is 17.6 Å². The standard InChI is InChI=1S/C14H19ClF4O4/c15-10-4-2-1-3-9(10)7-22-11(20)5-6-12(21)23-8-14(18,19)13(16)17/h9-10,13H,1-8H2. The molecule has 2 unspecified atom stereocenters. The Morgan fingerprint density at radius 2 is 1.65 bits per heavy atom. The van der Waals surface area contributed by atoms with Crippen molar-refractivity contribution in [1.82, 2.24) is 0 Å². The lowest BCUT2D eigenvalue weighted by atomic mass is 9.89. The van der Waals surface area contributed by atoms with E-state index in [4.69, 9.17) is 16.3 Å². The Bertz CT molecular complexity index is 406. The van der Waals surface area contributed by atoms with Crippen LogP contribution in [0, 0.1) is 5.92 Å². The second-order valence-corrected chi connectivity index (χ2v) is 6.03. The van der Waals surface area contributed by atoms with Gasteiger partial charge in [0, 0.05) is 11.3 Å². The fourth-order valence-corrected chi connectivity index (χ4v) is 2.49. The fraction of sp³-hybridized carbons (Fsp3) is 0.857. The zero-order valence-corrected chi connectivity index (χ0v) is 13.2. The number of ether oxygens (including phenoxy) is 2. The summed E-state index contributed by atoms with van der Waals surface area (Å²) in [5, 5.41) is -0.0573. The highest BCUT2D eigenvalue weighted by molar-refractivity contribution is 6.20. The lowest BCUT2D eigenvalue weighted by molar-refractivity contribution is -0.180. The van der Waals surface area contributed by atoms with Crippen molar-refractivity contribution in [3.05, 3.63) is 0 Å². The molecule has 1 aliphatic rings. The Morgan fingerprint density at radius 3 is 2.22 bits per heavy atom. The molecule has 2 atom stereocenters. The lowest BCUT2D eigenvalue weighted by Gasteiger charge is -2.26. The molecule has 4 nitrogen and oxygen atoms in total. The van der Waals surface area contributed by atoms with Crippen LogP contribution in [0.2, 0.25) is 0 Å². The van der Waals surface area contributed by atoms with Gasteiger partial charge in [-0.1, -0.05) is 12.8 Å². The molecule has 9 heteroatoms. The minimum absolute atomic E-state index is 0.0573. The third-order valence-electron chi connectivity index (χ3n) is 3.55.